The number of anilines is 1. The topological polar surface area (TPSA) is 42.0 Å². The first-order valence-electron chi connectivity index (χ1n) is 8.28. The molecule has 3 rings (SSSR count). The van der Waals surface area contributed by atoms with Crippen molar-refractivity contribution in [2.24, 2.45) is 0 Å². The van der Waals surface area contributed by atoms with Crippen LogP contribution < -0.4 is 5.32 Å². The van der Waals surface area contributed by atoms with Gasteiger partial charge in [-0.1, -0.05) is 43.7 Å². The molecule has 4 heteroatoms. The van der Waals surface area contributed by atoms with E-state index in [-0.39, 0.29) is 5.91 Å². The molecule has 0 saturated heterocycles. The minimum atomic E-state index is -0.109. The van der Waals surface area contributed by atoms with Gasteiger partial charge in [-0.2, -0.15) is 0 Å². The van der Waals surface area contributed by atoms with Crippen molar-refractivity contribution in [3.05, 3.63) is 81.6 Å². The lowest BCUT2D eigenvalue weighted by Gasteiger charge is -2.08. The number of hydrogen-bond acceptors (Lipinski definition) is 2. The third-order valence-electron chi connectivity index (χ3n) is 3.93. The normalized spacial score (nSPS) is 10.5. The van der Waals surface area contributed by atoms with Crippen LogP contribution in [0.25, 0.3) is 11.3 Å². The van der Waals surface area contributed by atoms with Crippen LogP contribution in [-0.2, 0) is 6.42 Å². The molecule has 0 bridgehead atoms. The molecule has 0 unspecified atom stereocenters. The van der Waals surface area contributed by atoms with Crippen molar-refractivity contribution in [3.8, 4) is 11.3 Å². The average Bonchev–Trinajstić information content (AvgIpc) is 2.65. The van der Waals surface area contributed by atoms with Gasteiger partial charge in [-0.3, -0.25) is 9.78 Å². The van der Waals surface area contributed by atoms with Crippen LogP contribution in [0.2, 0.25) is 0 Å². The molecule has 1 heterocycles. The summed E-state index contributed by atoms with van der Waals surface area (Å²) < 4.78 is 1.02. The zero-order valence-corrected chi connectivity index (χ0v) is 16.2. The molecule has 0 aliphatic rings. The van der Waals surface area contributed by atoms with Crippen molar-refractivity contribution >= 4 is 34.2 Å². The third-order valence-corrected chi connectivity index (χ3v) is 4.87. The van der Waals surface area contributed by atoms with Crippen LogP contribution in [0.4, 0.5) is 5.69 Å². The first kappa shape index (κ1) is 17.6. The highest BCUT2D eigenvalue weighted by Crippen LogP contribution is 2.20. The number of aryl methyl sites for hydroxylation is 1. The van der Waals surface area contributed by atoms with Gasteiger partial charge in [0.15, 0.2) is 0 Å². The minimum Gasteiger partial charge on any atom is -0.321 e. The molecule has 1 N–H and O–H groups in total. The van der Waals surface area contributed by atoms with Crippen LogP contribution in [0.3, 0.4) is 0 Å². The summed E-state index contributed by atoms with van der Waals surface area (Å²) in [7, 11) is 0. The molecule has 0 fully saturated rings. The monoisotopic (exact) mass is 442 g/mol. The molecule has 0 radical (unpaired) electrons. The maximum absolute atomic E-state index is 12.4. The van der Waals surface area contributed by atoms with Gasteiger partial charge in [-0.05, 0) is 64.9 Å². The smallest absolute Gasteiger partial charge is 0.255 e. The summed E-state index contributed by atoms with van der Waals surface area (Å²) in [6, 6.07) is 19.4. The van der Waals surface area contributed by atoms with Gasteiger partial charge in [0.25, 0.3) is 5.91 Å². The molecule has 2 aromatic carbocycles. The van der Waals surface area contributed by atoms with E-state index in [1.54, 1.807) is 0 Å². The van der Waals surface area contributed by atoms with Crippen LogP contribution in [0, 0.1) is 3.57 Å². The van der Waals surface area contributed by atoms with Crippen molar-refractivity contribution < 1.29 is 4.79 Å². The number of amides is 1. The van der Waals surface area contributed by atoms with E-state index in [0.717, 1.165) is 33.4 Å². The highest BCUT2D eigenvalue weighted by atomic mass is 127. The van der Waals surface area contributed by atoms with Gasteiger partial charge in [0.1, 0.15) is 0 Å². The van der Waals surface area contributed by atoms with E-state index in [9.17, 15) is 4.79 Å². The molecule has 25 heavy (non-hydrogen) atoms. The third kappa shape index (κ3) is 4.45. The van der Waals surface area contributed by atoms with E-state index < -0.39 is 0 Å². The van der Waals surface area contributed by atoms with Crippen molar-refractivity contribution in [1.82, 2.24) is 4.98 Å². The molecule has 1 aromatic heterocycles. The molecular weight excluding hydrogens is 423 g/mol. The number of carbonyl (C=O) groups is 1. The molecule has 3 nitrogen and oxygen atoms in total. The molecular formula is C21H19IN2O. The van der Waals surface area contributed by atoms with E-state index in [1.807, 2.05) is 60.8 Å². The Morgan fingerprint density at radius 3 is 2.44 bits per heavy atom. The van der Waals surface area contributed by atoms with Crippen LogP contribution in [-0.4, -0.2) is 10.9 Å². The van der Waals surface area contributed by atoms with Gasteiger partial charge in [-0.25, -0.2) is 0 Å². The molecule has 0 saturated carbocycles. The number of pyridine rings is 1. The van der Waals surface area contributed by atoms with Gasteiger partial charge in [0.2, 0.25) is 0 Å². The van der Waals surface area contributed by atoms with Gasteiger partial charge in [0, 0.05) is 20.9 Å². The maximum Gasteiger partial charge on any atom is 0.255 e. The second kappa shape index (κ2) is 8.25. The Balaban J connectivity index is 1.73. The number of hydrogen-bond donors (Lipinski definition) is 1. The summed E-state index contributed by atoms with van der Waals surface area (Å²) in [4.78, 5) is 16.9. The number of halogens is 1. The molecule has 1 amide bonds. The minimum absolute atomic E-state index is 0.109. The summed E-state index contributed by atoms with van der Waals surface area (Å²) in [5.41, 5.74) is 4.63. The number of aromatic nitrogens is 1. The Morgan fingerprint density at radius 2 is 1.80 bits per heavy atom. The molecule has 0 atom stereocenters. The fraction of sp³-hybridized carbons (Fsp3) is 0.143. The summed E-state index contributed by atoms with van der Waals surface area (Å²) >= 11 is 2.21. The molecule has 3 aromatic rings. The molecule has 0 aliphatic carbocycles. The lowest BCUT2D eigenvalue weighted by molar-refractivity contribution is 0.102. The van der Waals surface area contributed by atoms with Gasteiger partial charge < -0.3 is 5.32 Å². The van der Waals surface area contributed by atoms with Crippen LogP contribution >= 0.6 is 22.6 Å². The first-order chi connectivity index (χ1) is 12.2. The molecule has 0 spiro atoms. The second-order valence-electron chi connectivity index (χ2n) is 5.81. The number of nitrogens with zero attached hydrogens (tertiary/aromatic N) is 1. The quantitative estimate of drug-likeness (QED) is 0.526. The Morgan fingerprint density at radius 1 is 1.04 bits per heavy atom. The van der Waals surface area contributed by atoms with E-state index >= 15 is 0 Å². The van der Waals surface area contributed by atoms with Crippen LogP contribution in [0.5, 0.6) is 0 Å². The van der Waals surface area contributed by atoms with Gasteiger partial charge in [-0.15, -0.1) is 0 Å². The molecule has 126 valence electrons. The van der Waals surface area contributed by atoms with Crippen molar-refractivity contribution in [3.63, 3.8) is 0 Å². The predicted octanol–water partition coefficient (Wildman–Crippen LogP) is 5.56. The number of rotatable bonds is 5. The number of para-hydroxylation sites is 1. The molecule has 0 aliphatic heterocycles. The fourth-order valence-electron chi connectivity index (χ4n) is 2.58. The lowest BCUT2D eigenvalue weighted by atomic mass is 10.1. The van der Waals surface area contributed by atoms with Gasteiger partial charge >= 0.3 is 0 Å². The van der Waals surface area contributed by atoms with E-state index in [2.05, 4.69) is 45.9 Å². The maximum atomic E-state index is 12.4. The highest BCUT2D eigenvalue weighted by molar-refractivity contribution is 14.1. The summed E-state index contributed by atoms with van der Waals surface area (Å²) in [6.45, 7) is 2.16. The summed E-state index contributed by atoms with van der Waals surface area (Å²) in [5.74, 6) is -0.109. The highest BCUT2D eigenvalue weighted by Gasteiger charge is 2.08. The summed E-state index contributed by atoms with van der Waals surface area (Å²) in [6.07, 6.45) is 4.09. The fourth-order valence-corrected chi connectivity index (χ4v) is 3.10. The zero-order valence-electron chi connectivity index (χ0n) is 14.0. The number of nitrogens with one attached hydrogen (secondary N) is 1. The standard InChI is InChI=1S/C21H19IN2O/c1-2-5-15-8-13-19(23-14-15)16-9-11-17(12-10-16)21(25)24-20-7-4-3-6-18(20)22/h3-4,6-14H,2,5H2,1H3,(H,24,25). The van der Waals surface area contributed by atoms with Crippen molar-refractivity contribution in [2.75, 3.05) is 5.32 Å². The Kier molecular flexibility index (Phi) is 5.81. The number of benzene rings is 2. The largest absolute Gasteiger partial charge is 0.321 e. The van der Waals surface area contributed by atoms with E-state index in [1.165, 1.54) is 5.56 Å². The Hall–Kier alpha value is -2.21. The van der Waals surface area contributed by atoms with Crippen molar-refractivity contribution in [1.29, 1.82) is 0 Å². The van der Waals surface area contributed by atoms with E-state index in [0.29, 0.717) is 5.56 Å². The lowest BCUT2D eigenvalue weighted by Crippen LogP contribution is -2.12. The Labute approximate surface area is 161 Å². The van der Waals surface area contributed by atoms with Crippen molar-refractivity contribution in [2.45, 2.75) is 19.8 Å². The van der Waals surface area contributed by atoms with Crippen LogP contribution in [0.1, 0.15) is 29.3 Å². The SMILES string of the molecule is CCCc1ccc(-c2ccc(C(=O)Nc3ccccc3I)cc2)nc1. The second-order valence-corrected chi connectivity index (χ2v) is 6.98. The average molecular weight is 442 g/mol. The van der Waals surface area contributed by atoms with Gasteiger partial charge in [0.05, 0.1) is 11.4 Å². The zero-order chi connectivity index (χ0) is 17.6. The first-order valence-corrected chi connectivity index (χ1v) is 9.36. The predicted molar refractivity (Wildman–Crippen MR) is 111 cm³/mol. The Bertz CT molecular complexity index is 858. The number of carbonyl (C=O) groups excluding carboxylic acids is 1. The van der Waals surface area contributed by atoms with Crippen LogP contribution in [0.15, 0.2) is 66.9 Å². The van der Waals surface area contributed by atoms with E-state index in [4.69, 9.17) is 0 Å². The summed E-state index contributed by atoms with van der Waals surface area (Å²) in [5, 5.41) is 2.95.